The molecule has 3 aromatic rings. The summed E-state index contributed by atoms with van der Waals surface area (Å²) in [5.74, 6) is 12.0. The van der Waals surface area contributed by atoms with Crippen molar-refractivity contribution in [3.63, 3.8) is 0 Å². The Kier molecular flexibility index (Phi) is 7.20. The van der Waals surface area contributed by atoms with Gasteiger partial charge in [0.1, 0.15) is 0 Å². The Labute approximate surface area is 190 Å². The van der Waals surface area contributed by atoms with Gasteiger partial charge in [-0.25, -0.2) is 0 Å². The lowest BCUT2D eigenvalue weighted by atomic mass is 9.95. The van der Waals surface area contributed by atoms with Crippen LogP contribution >= 0.6 is 0 Å². The molecule has 0 fully saturated rings. The van der Waals surface area contributed by atoms with E-state index in [4.69, 9.17) is 0 Å². The smallest absolute Gasteiger partial charge is 0.198 e. The zero-order chi connectivity index (χ0) is 23.8. The Hall–Kier alpha value is -4.45. The maximum Gasteiger partial charge on any atom is 0.416 e. The van der Waals surface area contributed by atoms with Gasteiger partial charge in [0.15, 0.2) is 0 Å². The molecule has 0 unspecified atom stereocenters. The van der Waals surface area contributed by atoms with Gasteiger partial charge in [-0.05, 0) is 60.5 Å². The maximum atomic E-state index is 12.8. The van der Waals surface area contributed by atoms with E-state index < -0.39 is 11.7 Å². The van der Waals surface area contributed by atoms with Gasteiger partial charge in [-0.3, -0.25) is 0 Å². The van der Waals surface area contributed by atoms with Crippen molar-refractivity contribution in [1.82, 2.24) is 0 Å². The van der Waals surface area contributed by atoms with Crippen molar-refractivity contribution in [2.45, 2.75) is 25.9 Å². The first-order valence-corrected chi connectivity index (χ1v) is 9.98. The summed E-state index contributed by atoms with van der Waals surface area (Å²) in [5.41, 5.74) is 4.12. The van der Waals surface area contributed by atoms with Crippen LogP contribution in [0.15, 0.2) is 60.7 Å². The fraction of sp³-hybridized carbons (Fsp3) is 0.143. The van der Waals surface area contributed by atoms with Gasteiger partial charge in [0, 0.05) is 22.3 Å². The first-order valence-electron chi connectivity index (χ1n) is 9.98. The summed E-state index contributed by atoms with van der Waals surface area (Å²) in [6, 6.07) is 20.0. The van der Waals surface area contributed by atoms with E-state index in [1.165, 1.54) is 12.1 Å². The lowest BCUT2D eigenvalue weighted by Gasteiger charge is -2.07. The van der Waals surface area contributed by atoms with Crippen molar-refractivity contribution in [2.75, 3.05) is 0 Å². The maximum absolute atomic E-state index is 12.8. The number of rotatable bonds is 2. The van der Waals surface area contributed by atoms with Crippen LogP contribution in [-0.4, -0.2) is 0 Å². The Morgan fingerprint density at radius 2 is 1.12 bits per heavy atom. The lowest BCUT2D eigenvalue weighted by molar-refractivity contribution is -0.137. The molecule has 0 aliphatic carbocycles. The van der Waals surface area contributed by atoms with Crippen molar-refractivity contribution in [3.8, 4) is 35.8 Å². The topological polar surface area (TPSA) is 47.6 Å². The first kappa shape index (κ1) is 23.2. The standard InChI is InChI=1S/C28H17F3N2/c1-20-2-4-21(5-3-20)6-10-23-18-24(26(15-17-33)19-25(23)14-16-32)11-7-22-8-12-27(13-9-22)28(29,30)31/h2-5,8-9,12-13,18-19H,14-15H2,1H3. The molecule has 0 aromatic heterocycles. The van der Waals surface area contributed by atoms with Gasteiger partial charge in [0.05, 0.1) is 30.5 Å². The minimum Gasteiger partial charge on any atom is -0.198 e. The van der Waals surface area contributed by atoms with Crippen LogP contribution in [0.5, 0.6) is 0 Å². The highest BCUT2D eigenvalue weighted by molar-refractivity contribution is 5.56. The second-order valence-electron chi connectivity index (χ2n) is 7.28. The zero-order valence-corrected chi connectivity index (χ0v) is 17.7. The summed E-state index contributed by atoms with van der Waals surface area (Å²) in [7, 11) is 0. The molecule has 160 valence electrons. The van der Waals surface area contributed by atoms with Gasteiger partial charge in [-0.2, -0.15) is 23.7 Å². The van der Waals surface area contributed by atoms with E-state index >= 15 is 0 Å². The molecule has 0 radical (unpaired) electrons. The molecule has 0 spiro atoms. The highest BCUT2D eigenvalue weighted by atomic mass is 19.4. The van der Waals surface area contributed by atoms with Gasteiger partial charge >= 0.3 is 6.18 Å². The van der Waals surface area contributed by atoms with Crippen molar-refractivity contribution in [2.24, 2.45) is 0 Å². The molecule has 3 rings (SSSR count). The van der Waals surface area contributed by atoms with Gasteiger partial charge in [-0.15, -0.1) is 0 Å². The number of nitrogens with zero attached hydrogens (tertiary/aromatic N) is 2. The molecule has 33 heavy (non-hydrogen) atoms. The molecular formula is C28H17F3N2. The number of hydrogen-bond acceptors (Lipinski definition) is 2. The number of nitriles is 2. The van der Waals surface area contributed by atoms with E-state index in [2.05, 4.69) is 35.8 Å². The molecule has 3 aromatic carbocycles. The van der Waals surface area contributed by atoms with E-state index in [1.54, 1.807) is 12.1 Å². The Morgan fingerprint density at radius 3 is 1.55 bits per heavy atom. The normalized spacial score (nSPS) is 10.1. The third kappa shape index (κ3) is 6.27. The quantitative estimate of drug-likeness (QED) is 0.465. The van der Waals surface area contributed by atoms with Crippen molar-refractivity contribution in [3.05, 3.63) is 105 Å². The minimum atomic E-state index is -4.41. The summed E-state index contributed by atoms with van der Waals surface area (Å²) in [6.07, 6.45) is -4.20. The summed E-state index contributed by atoms with van der Waals surface area (Å²) < 4.78 is 38.3. The average molecular weight is 438 g/mol. The molecule has 0 N–H and O–H groups in total. The van der Waals surface area contributed by atoms with Crippen LogP contribution in [0.2, 0.25) is 0 Å². The largest absolute Gasteiger partial charge is 0.416 e. The van der Waals surface area contributed by atoms with Crippen molar-refractivity contribution < 1.29 is 13.2 Å². The number of benzene rings is 3. The average Bonchev–Trinajstić information content (AvgIpc) is 2.79. The predicted octanol–water partition coefficient (Wildman–Crippen LogP) is 5.95. The lowest BCUT2D eigenvalue weighted by Crippen LogP contribution is -2.04. The van der Waals surface area contributed by atoms with Gasteiger partial charge in [-0.1, -0.05) is 47.4 Å². The van der Waals surface area contributed by atoms with E-state index in [0.29, 0.717) is 27.8 Å². The fourth-order valence-corrected chi connectivity index (χ4v) is 3.05. The Bertz CT molecular complexity index is 1360. The third-order valence-electron chi connectivity index (χ3n) is 4.81. The van der Waals surface area contributed by atoms with Crippen molar-refractivity contribution in [1.29, 1.82) is 10.5 Å². The predicted molar refractivity (Wildman–Crippen MR) is 120 cm³/mol. The second-order valence-corrected chi connectivity index (χ2v) is 7.28. The van der Waals surface area contributed by atoms with E-state index in [1.807, 2.05) is 31.2 Å². The van der Waals surface area contributed by atoms with Crippen LogP contribution in [0.3, 0.4) is 0 Å². The van der Waals surface area contributed by atoms with Crippen LogP contribution in [0, 0.1) is 53.3 Å². The van der Waals surface area contributed by atoms with E-state index in [9.17, 15) is 23.7 Å². The first-order chi connectivity index (χ1) is 15.8. The molecule has 0 amide bonds. The van der Waals surface area contributed by atoms with E-state index in [-0.39, 0.29) is 12.8 Å². The van der Waals surface area contributed by atoms with Gasteiger partial charge in [0.2, 0.25) is 0 Å². The molecular weight excluding hydrogens is 421 g/mol. The van der Waals surface area contributed by atoms with Crippen molar-refractivity contribution >= 4 is 0 Å². The van der Waals surface area contributed by atoms with Gasteiger partial charge < -0.3 is 0 Å². The molecule has 2 nitrogen and oxygen atoms in total. The van der Waals surface area contributed by atoms with Crippen LogP contribution < -0.4 is 0 Å². The molecule has 0 atom stereocenters. The summed E-state index contributed by atoms with van der Waals surface area (Å²) in [6.45, 7) is 1.98. The van der Waals surface area contributed by atoms with Crippen LogP contribution in [0.4, 0.5) is 13.2 Å². The molecule has 0 saturated carbocycles. The highest BCUT2D eigenvalue weighted by Crippen LogP contribution is 2.29. The monoisotopic (exact) mass is 438 g/mol. The summed E-state index contributed by atoms with van der Waals surface area (Å²) >= 11 is 0. The molecule has 0 saturated heterocycles. The minimum absolute atomic E-state index is 0.0844. The molecule has 0 bridgehead atoms. The number of halogens is 3. The summed E-state index contributed by atoms with van der Waals surface area (Å²) in [5, 5.41) is 18.4. The molecule has 5 heteroatoms. The molecule has 0 aliphatic heterocycles. The number of hydrogen-bond donors (Lipinski definition) is 0. The third-order valence-corrected chi connectivity index (χ3v) is 4.81. The zero-order valence-electron chi connectivity index (χ0n) is 17.7. The van der Waals surface area contributed by atoms with Crippen LogP contribution in [0.25, 0.3) is 0 Å². The Balaban J connectivity index is 2.03. The Morgan fingerprint density at radius 1 is 0.667 bits per heavy atom. The molecule has 0 aliphatic rings. The fourth-order valence-electron chi connectivity index (χ4n) is 3.05. The van der Waals surface area contributed by atoms with Crippen LogP contribution in [-0.2, 0) is 19.0 Å². The second kappa shape index (κ2) is 10.2. The van der Waals surface area contributed by atoms with E-state index in [0.717, 1.165) is 23.3 Å². The van der Waals surface area contributed by atoms with Crippen LogP contribution in [0.1, 0.15) is 44.5 Å². The SMILES string of the molecule is Cc1ccc(C#Cc2cc(C#Cc3ccc(C(F)(F)F)cc3)c(CC#N)cc2CC#N)cc1. The number of aryl methyl sites for hydroxylation is 1. The molecule has 0 heterocycles. The number of alkyl halides is 3. The summed E-state index contributed by atoms with van der Waals surface area (Å²) in [4.78, 5) is 0. The highest BCUT2D eigenvalue weighted by Gasteiger charge is 2.29. The van der Waals surface area contributed by atoms with Gasteiger partial charge in [0.25, 0.3) is 0 Å².